The largest absolute Gasteiger partial charge is 0.481 e. The van der Waals surface area contributed by atoms with Gasteiger partial charge in [-0.2, -0.15) is 0 Å². The van der Waals surface area contributed by atoms with Gasteiger partial charge in [0.25, 0.3) is 0 Å². The zero-order valence-corrected chi connectivity index (χ0v) is 12.4. The monoisotopic (exact) mass is 334 g/mol. The number of halogens is 3. The molecular formula is C13H13Cl2FN2O3. The van der Waals surface area contributed by atoms with Gasteiger partial charge in [-0.15, -0.1) is 0 Å². The minimum Gasteiger partial charge on any atom is -0.481 e. The van der Waals surface area contributed by atoms with Crippen molar-refractivity contribution < 1.29 is 19.1 Å². The second-order valence-electron chi connectivity index (χ2n) is 4.75. The molecule has 1 aliphatic carbocycles. The Balaban J connectivity index is 2.06. The van der Waals surface area contributed by atoms with Crippen molar-refractivity contribution in [3.63, 3.8) is 0 Å². The Morgan fingerprint density at radius 2 is 1.90 bits per heavy atom. The number of nitrogens with zero attached hydrogens (tertiary/aromatic N) is 1. The fourth-order valence-corrected chi connectivity index (χ4v) is 2.36. The number of hydrogen-bond donors (Lipinski definition) is 2. The number of aliphatic carboxylic acids is 1. The molecule has 0 aromatic heterocycles. The van der Waals surface area contributed by atoms with E-state index in [1.807, 2.05) is 0 Å². The maximum atomic E-state index is 13.3. The Kier molecular flexibility index (Phi) is 4.90. The fourth-order valence-electron chi connectivity index (χ4n) is 1.88. The SMILES string of the molecule is O=C(O)CCN(C(=O)Nc1cc(Cl)c(F)c(Cl)c1)C1CC1. The number of urea groups is 1. The molecule has 0 heterocycles. The first-order valence-corrected chi connectivity index (χ1v) is 7.08. The third kappa shape index (κ3) is 4.22. The van der Waals surface area contributed by atoms with Crippen LogP contribution in [-0.4, -0.2) is 34.6 Å². The molecule has 1 saturated carbocycles. The summed E-state index contributed by atoms with van der Waals surface area (Å²) in [4.78, 5) is 24.2. The van der Waals surface area contributed by atoms with E-state index in [4.69, 9.17) is 28.3 Å². The summed E-state index contributed by atoms with van der Waals surface area (Å²) in [7, 11) is 0. The van der Waals surface area contributed by atoms with E-state index in [1.165, 1.54) is 17.0 Å². The maximum absolute atomic E-state index is 13.3. The van der Waals surface area contributed by atoms with Crippen LogP contribution in [0.4, 0.5) is 14.9 Å². The zero-order chi connectivity index (χ0) is 15.6. The second kappa shape index (κ2) is 6.49. The Morgan fingerprint density at radius 3 is 2.38 bits per heavy atom. The van der Waals surface area contributed by atoms with Gasteiger partial charge < -0.3 is 15.3 Å². The maximum Gasteiger partial charge on any atom is 0.322 e. The number of carboxylic acids is 1. The Bertz CT molecular complexity index is 556. The summed E-state index contributed by atoms with van der Waals surface area (Å²) in [5, 5.41) is 10.9. The summed E-state index contributed by atoms with van der Waals surface area (Å²) in [5.74, 6) is -1.72. The average molecular weight is 335 g/mol. The molecule has 0 atom stereocenters. The van der Waals surface area contributed by atoms with E-state index in [0.29, 0.717) is 0 Å². The molecule has 21 heavy (non-hydrogen) atoms. The van der Waals surface area contributed by atoms with Gasteiger partial charge in [-0.25, -0.2) is 9.18 Å². The molecule has 0 radical (unpaired) electrons. The van der Waals surface area contributed by atoms with Crippen molar-refractivity contribution in [3.8, 4) is 0 Å². The summed E-state index contributed by atoms with van der Waals surface area (Å²) >= 11 is 11.3. The second-order valence-corrected chi connectivity index (χ2v) is 5.57. The van der Waals surface area contributed by atoms with Crippen LogP contribution in [0.5, 0.6) is 0 Å². The number of carbonyl (C=O) groups excluding carboxylic acids is 1. The van der Waals surface area contributed by atoms with Gasteiger partial charge in [0, 0.05) is 18.3 Å². The Morgan fingerprint density at radius 1 is 1.33 bits per heavy atom. The quantitative estimate of drug-likeness (QED) is 0.808. The normalized spacial score (nSPS) is 13.9. The van der Waals surface area contributed by atoms with Crippen LogP contribution in [0.2, 0.25) is 10.0 Å². The van der Waals surface area contributed by atoms with Crippen LogP contribution in [0.3, 0.4) is 0 Å². The van der Waals surface area contributed by atoms with Gasteiger partial charge in [0.15, 0.2) is 5.82 Å². The standard InChI is InChI=1S/C13H13Cl2FN2O3/c14-9-5-7(6-10(15)12(9)16)17-13(21)18(8-1-2-8)4-3-11(19)20/h5-6,8H,1-4H2,(H,17,21)(H,19,20). The highest BCUT2D eigenvalue weighted by molar-refractivity contribution is 6.35. The molecule has 2 rings (SSSR count). The van der Waals surface area contributed by atoms with E-state index >= 15 is 0 Å². The number of anilines is 1. The lowest BCUT2D eigenvalue weighted by Gasteiger charge is -2.22. The predicted octanol–water partition coefficient (Wildman–Crippen LogP) is 3.60. The number of hydrogen-bond acceptors (Lipinski definition) is 2. The lowest BCUT2D eigenvalue weighted by Crippen LogP contribution is -2.38. The van der Waals surface area contributed by atoms with Crippen LogP contribution >= 0.6 is 23.2 Å². The molecule has 2 amide bonds. The van der Waals surface area contributed by atoms with E-state index in [0.717, 1.165) is 12.8 Å². The third-order valence-electron chi connectivity index (χ3n) is 3.05. The number of carbonyl (C=O) groups is 2. The molecule has 114 valence electrons. The Labute approximate surface area is 130 Å². The number of benzene rings is 1. The molecule has 2 N–H and O–H groups in total. The first-order valence-electron chi connectivity index (χ1n) is 6.32. The molecule has 0 saturated heterocycles. The van der Waals surface area contributed by atoms with Crippen molar-refractivity contribution in [2.45, 2.75) is 25.3 Å². The van der Waals surface area contributed by atoms with Crippen LogP contribution in [0.25, 0.3) is 0 Å². The molecule has 8 heteroatoms. The summed E-state index contributed by atoms with van der Waals surface area (Å²) in [5.41, 5.74) is 0.261. The van der Waals surface area contributed by atoms with Crippen LogP contribution in [0.1, 0.15) is 19.3 Å². The number of amides is 2. The van der Waals surface area contributed by atoms with Crippen LogP contribution < -0.4 is 5.32 Å². The van der Waals surface area contributed by atoms with Crippen LogP contribution in [-0.2, 0) is 4.79 Å². The number of nitrogens with one attached hydrogen (secondary N) is 1. The minimum absolute atomic E-state index is 0.0516. The van der Waals surface area contributed by atoms with E-state index < -0.39 is 17.8 Å². The smallest absolute Gasteiger partial charge is 0.322 e. The van der Waals surface area contributed by atoms with Gasteiger partial charge in [0.1, 0.15) is 0 Å². The highest BCUT2D eigenvalue weighted by Crippen LogP contribution is 2.30. The van der Waals surface area contributed by atoms with Crippen LogP contribution in [0.15, 0.2) is 12.1 Å². The number of rotatable bonds is 5. The highest BCUT2D eigenvalue weighted by Gasteiger charge is 2.32. The number of carboxylic acid groups (broad SMARTS) is 1. The van der Waals surface area contributed by atoms with Crippen molar-refractivity contribution in [2.75, 3.05) is 11.9 Å². The summed E-state index contributed by atoms with van der Waals surface area (Å²) in [6, 6.07) is 2.11. The molecule has 1 aromatic carbocycles. The van der Waals surface area contributed by atoms with Crippen LogP contribution in [0, 0.1) is 5.82 Å². The zero-order valence-electron chi connectivity index (χ0n) is 10.9. The topological polar surface area (TPSA) is 69.6 Å². The van der Waals surface area contributed by atoms with Gasteiger partial charge in [0.05, 0.1) is 16.5 Å². The van der Waals surface area contributed by atoms with Gasteiger partial charge >= 0.3 is 12.0 Å². The molecule has 0 bridgehead atoms. The van der Waals surface area contributed by atoms with E-state index in [-0.39, 0.29) is 34.7 Å². The molecule has 0 spiro atoms. The third-order valence-corrected chi connectivity index (χ3v) is 3.60. The van der Waals surface area contributed by atoms with Gasteiger partial charge in [-0.1, -0.05) is 23.2 Å². The van der Waals surface area contributed by atoms with Crippen molar-refractivity contribution in [1.82, 2.24) is 4.90 Å². The first-order chi connectivity index (χ1) is 9.88. The van der Waals surface area contributed by atoms with Gasteiger partial charge in [-0.05, 0) is 25.0 Å². The van der Waals surface area contributed by atoms with Gasteiger partial charge in [0.2, 0.25) is 0 Å². The highest BCUT2D eigenvalue weighted by atomic mass is 35.5. The molecule has 5 nitrogen and oxygen atoms in total. The summed E-state index contributed by atoms with van der Waals surface area (Å²) in [6.07, 6.45) is 1.56. The van der Waals surface area contributed by atoms with Crippen molar-refractivity contribution in [2.24, 2.45) is 0 Å². The van der Waals surface area contributed by atoms with Crippen molar-refractivity contribution in [1.29, 1.82) is 0 Å². The van der Waals surface area contributed by atoms with Gasteiger partial charge in [-0.3, -0.25) is 4.79 Å². The average Bonchev–Trinajstić information content (AvgIpc) is 3.20. The lowest BCUT2D eigenvalue weighted by molar-refractivity contribution is -0.137. The fraction of sp³-hybridized carbons (Fsp3) is 0.385. The summed E-state index contributed by atoms with van der Waals surface area (Å²) < 4.78 is 13.3. The van der Waals surface area contributed by atoms with E-state index in [1.54, 1.807) is 0 Å². The molecule has 1 aromatic rings. The van der Waals surface area contributed by atoms with E-state index in [2.05, 4.69) is 5.32 Å². The molecule has 0 aliphatic heterocycles. The Hall–Kier alpha value is -1.53. The molecule has 1 fully saturated rings. The molecule has 1 aliphatic rings. The molecule has 0 unspecified atom stereocenters. The molecular weight excluding hydrogens is 322 g/mol. The summed E-state index contributed by atoms with van der Waals surface area (Å²) in [6.45, 7) is 0.120. The van der Waals surface area contributed by atoms with E-state index in [9.17, 15) is 14.0 Å². The lowest BCUT2D eigenvalue weighted by atomic mass is 10.3. The van der Waals surface area contributed by atoms with Crippen molar-refractivity contribution >= 4 is 40.9 Å². The predicted molar refractivity (Wildman–Crippen MR) is 77.4 cm³/mol. The van der Waals surface area contributed by atoms with Crippen molar-refractivity contribution in [3.05, 3.63) is 28.0 Å². The first kappa shape index (κ1) is 15.9. The minimum atomic E-state index is -0.971.